The molecule has 3 rings (SSSR count). The van der Waals surface area contributed by atoms with Gasteiger partial charge in [-0.15, -0.1) is 0 Å². The fourth-order valence-corrected chi connectivity index (χ4v) is 2.47. The molecule has 1 heterocycles. The molecule has 122 valence electrons. The third kappa shape index (κ3) is 3.82. The smallest absolute Gasteiger partial charge is 0.261 e. The van der Waals surface area contributed by atoms with Crippen LogP contribution in [0, 0.1) is 11.3 Å². The van der Waals surface area contributed by atoms with Gasteiger partial charge in [-0.05, 0) is 35.4 Å². The number of hydrogen-bond acceptors (Lipinski definition) is 3. The van der Waals surface area contributed by atoms with Crippen molar-refractivity contribution in [3.63, 3.8) is 0 Å². The summed E-state index contributed by atoms with van der Waals surface area (Å²) in [4.78, 5) is 27.2. The first kappa shape index (κ1) is 16.2. The highest BCUT2D eigenvalue weighted by atomic mass is 16.2. The number of hydrogen-bond donors (Lipinski definition) is 2. The molecule has 0 saturated carbocycles. The molecular formula is C20H15N3O2. The predicted octanol–water partition coefficient (Wildman–Crippen LogP) is 2.84. The lowest BCUT2D eigenvalue weighted by Crippen LogP contribution is -2.29. The number of carbonyl (C=O) groups excluding carboxylic acids is 1. The van der Waals surface area contributed by atoms with E-state index < -0.39 is 11.5 Å². The van der Waals surface area contributed by atoms with Crippen LogP contribution >= 0.6 is 0 Å². The van der Waals surface area contributed by atoms with Crippen molar-refractivity contribution in [1.29, 1.82) is 5.26 Å². The molecule has 5 heteroatoms. The fourth-order valence-electron chi connectivity index (χ4n) is 2.47. The molecule has 0 fully saturated rings. The Morgan fingerprint density at radius 1 is 1.04 bits per heavy atom. The number of nitrogens with zero attached hydrogens (tertiary/aromatic N) is 1. The van der Waals surface area contributed by atoms with Crippen molar-refractivity contribution in [2.75, 3.05) is 0 Å². The second kappa shape index (κ2) is 7.28. The molecule has 0 bridgehead atoms. The number of aromatic amines is 1. The van der Waals surface area contributed by atoms with Crippen LogP contribution < -0.4 is 10.9 Å². The van der Waals surface area contributed by atoms with Crippen molar-refractivity contribution >= 4 is 5.91 Å². The standard InChI is InChI=1S/C20H15N3O2/c21-12-14-5-4-6-15(11-14)13-22-19(24)17-9-10-18(23-20(17)25)16-7-2-1-3-8-16/h1-11H,13H2,(H,22,24)(H,23,25). The summed E-state index contributed by atoms with van der Waals surface area (Å²) in [6, 6.07) is 21.6. The zero-order chi connectivity index (χ0) is 17.6. The molecule has 2 N–H and O–H groups in total. The highest BCUT2D eigenvalue weighted by Gasteiger charge is 2.11. The number of nitriles is 1. The van der Waals surface area contributed by atoms with Gasteiger partial charge in [0.05, 0.1) is 11.6 Å². The van der Waals surface area contributed by atoms with E-state index in [1.54, 1.807) is 24.3 Å². The van der Waals surface area contributed by atoms with Gasteiger partial charge >= 0.3 is 0 Å². The Labute approximate surface area is 144 Å². The van der Waals surface area contributed by atoms with E-state index in [4.69, 9.17) is 5.26 Å². The van der Waals surface area contributed by atoms with Crippen LogP contribution in [0.5, 0.6) is 0 Å². The summed E-state index contributed by atoms with van der Waals surface area (Å²) in [6.45, 7) is 0.244. The number of aromatic nitrogens is 1. The Hall–Kier alpha value is -3.65. The van der Waals surface area contributed by atoms with Crippen molar-refractivity contribution < 1.29 is 4.79 Å². The SMILES string of the molecule is N#Cc1cccc(CNC(=O)c2ccc(-c3ccccc3)[nH]c2=O)c1. The van der Waals surface area contributed by atoms with Gasteiger partial charge in [0, 0.05) is 12.2 Å². The lowest BCUT2D eigenvalue weighted by molar-refractivity contribution is 0.0949. The zero-order valence-corrected chi connectivity index (χ0v) is 13.3. The normalized spacial score (nSPS) is 10.0. The third-order valence-electron chi connectivity index (χ3n) is 3.75. The third-order valence-corrected chi connectivity index (χ3v) is 3.75. The largest absolute Gasteiger partial charge is 0.348 e. The van der Waals surface area contributed by atoms with E-state index >= 15 is 0 Å². The number of H-pyrrole nitrogens is 1. The highest BCUT2D eigenvalue weighted by Crippen LogP contribution is 2.14. The minimum Gasteiger partial charge on any atom is -0.348 e. The molecule has 3 aromatic rings. The predicted molar refractivity (Wildman–Crippen MR) is 94.8 cm³/mol. The molecule has 0 unspecified atom stereocenters. The van der Waals surface area contributed by atoms with Gasteiger partial charge in [0.25, 0.3) is 11.5 Å². The number of nitrogens with one attached hydrogen (secondary N) is 2. The topological polar surface area (TPSA) is 85.8 Å². The first-order valence-corrected chi connectivity index (χ1v) is 7.73. The van der Waals surface area contributed by atoms with Crippen LogP contribution in [-0.4, -0.2) is 10.9 Å². The van der Waals surface area contributed by atoms with E-state index in [1.807, 2.05) is 42.5 Å². The van der Waals surface area contributed by atoms with Gasteiger partial charge in [-0.25, -0.2) is 0 Å². The lowest BCUT2D eigenvalue weighted by atomic mass is 10.1. The maximum Gasteiger partial charge on any atom is 0.261 e. The van der Waals surface area contributed by atoms with Crippen LogP contribution in [0.25, 0.3) is 11.3 Å². The molecule has 0 radical (unpaired) electrons. The molecule has 1 aromatic heterocycles. The Balaban J connectivity index is 1.74. The van der Waals surface area contributed by atoms with E-state index in [9.17, 15) is 9.59 Å². The lowest BCUT2D eigenvalue weighted by Gasteiger charge is -2.07. The second-order valence-corrected chi connectivity index (χ2v) is 5.48. The summed E-state index contributed by atoms with van der Waals surface area (Å²) in [5.74, 6) is -0.455. The fraction of sp³-hybridized carbons (Fsp3) is 0.0500. The van der Waals surface area contributed by atoms with E-state index in [-0.39, 0.29) is 12.1 Å². The molecule has 0 saturated heterocycles. The van der Waals surface area contributed by atoms with E-state index in [0.717, 1.165) is 11.1 Å². The molecule has 0 aliphatic rings. The summed E-state index contributed by atoms with van der Waals surface area (Å²) in [6.07, 6.45) is 0. The quantitative estimate of drug-likeness (QED) is 0.772. The van der Waals surface area contributed by atoms with Gasteiger partial charge in [0.2, 0.25) is 0 Å². The van der Waals surface area contributed by atoms with E-state index in [0.29, 0.717) is 11.3 Å². The van der Waals surface area contributed by atoms with Crippen LogP contribution in [0.2, 0.25) is 0 Å². The number of rotatable bonds is 4. The Kier molecular flexibility index (Phi) is 4.72. The molecule has 5 nitrogen and oxygen atoms in total. The summed E-state index contributed by atoms with van der Waals surface area (Å²) in [5.41, 5.74) is 2.46. The van der Waals surface area contributed by atoms with Crippen LogP contribution in [0.3, 0.4) is 0 Å². The second-order valence-electron chi connectivity index (χ2n) is 5.48. The molecular weight excluding hydrogens is 314 g/mol. The van der Waals surface area contributed by atoms with Crippen molar-refractivity contribution in [2.45, 2.75) is 6.54 Å². The number of amides is 1. The van der Waals surface area contributed by atoms with Crippen LogP contribution in [0.15, 0.2) is 71.5 Å². The maximum atomic E-state index is 12.2. The number of carbonyl (C=O) groups is 1. The average Bonchev–Trinajstić information content (AvgIpc) is 2.67. The van der Waals surface area contributed by atoms with Gasteiger partial charge < -0.3 is 10.3 Å². The Bertz CT molecular complexity index is 1000. The van der Waals surface area contributed by atoms with Crippen molar-refractivity contribution in [2.24, 2.45) is 0 Å². The first-order valence-electron chi connectivity index (χ1n) is 7.73. The summed E-state index contributed by atoms with van der Waals surface area (Å²) < 4.78 is 0. The average molecular weight is 329 g/mol. The summed E-state index contributed by atoms with van der Waals surface area (Å²) in [7, 11) is 0. The van der Waals surface area contributed by atoms with E-state index in [1.165, 1.54) is 6.07 Å². The van der Waals surface area contributed by atoms with E-state index in [2.05, 4.69) is 10.3 Å². The minimum absolute atomic E-state index is 0.0520. The molecule has 0 aliphatic heterocycles. The number of pyridine rings is 1. The zero-order valence-electron chi connectivity index (χ0n) is 13.3. The van der Waals surface area contributed by atoms with Crippen LogP contribution in [0.1, 0.15) is 21.5 Å². The van der Waals surface area contributed by atoms with Gasteiger partial charge in [-0.3, -0.25) is 9.59 Å². The summed E-state index contributed by atoms with van der Waals surface area (Å²) >= 11 is 0. The molecule has 0 atom stereocenters. The first-order chi connectivity index (χ1) is 12.2. The Morgan fingerprint density at radius 3 is 2.56 bits per heavy atom. The molecule has 1 amide bonds. The molecule has 25 heavy (non-hydrogen) atoms. The molecule has 0 aliphatic carbocycles. The van der Waals surface area contributed by atoms with Crippen molar-refractivity contribution in [1.82, 2.24) is 10.3 Å². The van der Waals surface area contributed by atoms with Gasteiger partial charge in [-0.1, -0.05) is 42.5 Å². The monoisotopic (exact) mass is 329 g/mol. The molecule has 0 spiro atoms. The van der Waals surface area contributed by atoms with Crippen molar-refractivity contribution in [3.8, 4) is 17.3 Å². The minimum atomic E-state index is -0.455. The van der Waals surface area contributed by atoms with Crippen molar-refractivity contribution in [3.05, 3.63) is 93.8 Å². The van der Waals surface area contributed by atoms with Gasteiger partial charge in [-0.2, -0.15) is 5.26 Å². The van der Waals surface area contributed by atoms with Gasteiger partial charge in [0.15, 0.2) is 0 Å². The van der Waals surface area contributed by atoms with Crippen LogP contribution in [-0.2, 0) is 6.54 Å². The molecule has 2 aromatic carbocycles. The van der Waals surface area contributed by atoms with Gasteiger partial charge in [0.1, 0.15) is 5.56 Å². The maximum absolute atomic E-state index is 12.2. The highest BCUT2D eigenvalue weighted by molar-refractivity contribution is 5.94. The van der Waals surface area contributed by atoms with Crippen LogP contribution in [0.4, 0.5) is 0 Å². The Morgan fingerprint density at radius 2 is 1.84 bits per heavy atom. The number of benzene rings is 2. The summed E-state index contributed by atoms with van der Waals surface area (Å²) in [5, 5.41) is 11.6.